The van der Waals surface area contributed by atoms with Gasteiger partial charge in [-0.1, -0.05) is 6.07 Å². The van der Waals surface area contributed by atoms with Crippen molar-refractivity contribution in [2.75, 3.05) is 5.32 Å². The first kappa shape index (κ1) is 13.2. The normalized spacial score (nSPS) is 11.0. The molecule has 1 heterocycles. The summed E-state index contributed by atoms with van der Waals surface area (Å²) < 4.78 is 0. The zero-order chi connectivity index (χ0) is 13.1. The van der Waals surface area contributed by atoms with E-state index in [9.17, 15) is 9.59 Å². The van der Waals surface area contributed by atoms with Gasteiger partial charge in [0.15, 0.2) is 0 Å². The van der Waals surface area contributed by atoms with Gasteiger partial charge in [-0.15, -0.1) is 0 Å². The summed E-state index contributed by atoms with van der Waals surface area (Å²) in [7, 11) is 0. The zero-order valence-corrected chi connectivity index (χ0v) is 10.2. The lowest BCUT2D eigenvalue weighted by molar-refractivity contribution is -0.148. The van der Waals surface area contributed by atoms with Gasteiger partial charge in [0.25, 0.3) is 0 Å². The number of nitrogens with zero attached hydrogens (tertiary/aromatic N) is 1. The van der Waals surface area contributed by atoms with Crippen LogP contribution >= 0.6 is 0 Å². The Hall–Kier alpha value is -1.91. The lowest BCUT2D eigenvalue weighted by Gasteiger charge is -2.22. The molecule has 0 saturated heterocycles. The van der Waals surface area contributed by atoms with Crippen molar-refractivity contribution < 1.29 is 14.7 Å². The van der Waals surface area contributed by atoms with E-state index in [0.29, 0.717) is 11.4 Å². The molecule has 0 bridgehead atoms. The summed E-state index contributed by atoms with van der Waals surface area (Å²) in [5.74, 6) is -1.71. The first-order valence-electron chi connectivity index (χ1n) is 5.28. The van der Waals surface area contributed by atoms with Crippen LogP contribution in [0.2, 0.25) is 0 Å². The SMILES string of the molecule is CC(C)(C)Nc1ncccc1CC(=O)C(=O)O. The van der Waals surface area contributed by atoms with Crippen molar-refractivity contribution >= 4 is 17.6 Å². The largest absolute Gasteiger partial charge is 0.475 e. The quantitative estimate of drug-likeness (QED) is 0.774. The summed E-state index contributed by atoms with van der Waals surface area (Å²) in [6.07, 6.45) is 1.45. The molecule has 0 atom stereocenters. The van der Waals surface area contributed by atoms with Gasteiger partial charge in [-0.3, -0.25) is 4.79 Å². The van der Waals surface area contributed by atoms with Crippen molar-refractivity contribution in [2.45, 2.75) is 32.7 Å². The van der Waals surface area contributed by atoms with Crippen molar-refractivity contribution in [1.29, 1.82) is 0 Å². The third-order valence-electron chi connectivity index (χ3n) is 1.97. The van der Waals surface area contributed by atoms with Crippen molar-refractivity contribution in [1.82, 2.24) is 4.98 Å². The van der Waals surface area contributed by atoms with Crippen LogP contribution in [0.4, 0.5) is 5.82 Å². The van der Waals surface area contributed by atoms with E-state index in [-0.39, 0.29) is 12.0 Å². The molecule has 0 aromatic carbocycles. The standard InChI is InChI=1S/C12H16N2O3/c1-12(2,3)14-10-8(5-4-6-13-10)7-9(15)11(16)17/h4-6H,7H2,1-3H3,(H,13,14)(H,16,17). The smallest absolute Gasteiger partial charge is 0.372 e. The lowest BCUT2D eigenvalue weighted by Crippen LogP contribution is -2.28. The number of aromatic nitrogens is 1. The molecule has 2 N–H and O–H groups in total. The Morgan fingerprint density at radius 1 is 1.41 bits per heavy atom. The summed E-state index contributed by atoms with van der Waals surface area (Å²) in [6, 6.07) is 3.38. The van der Waals surface area contributed by atoms with E-state index in [1.807, 2.05) is 20.8 Å². The number of aliphatic carboxylic acids is 1. The molecule has 0 fully saturated rings. The molecule has 0 spiro atoms. The van der Waals surface area contributed by atoms with E-state index < -0.39 is 11.8 Å². The van der Waals surface area contributed by atoms with Gasteiger partial charge < -0.3 is 10.4 Å². The van der Waals surface area contributed by atoms with Crippen molar-refractivity contribution in [3.63, 3.8) is 0 Å². The fourth-order valence-electron chi connectivity index (χ4n) is 1.30. The Bertz CT molecular complexity index is 436. The minimum Gasteiger partial charge on any atom is -0.475 e. The van der Waals surface area contributed by atoms with Crippen LogP contribution < -0.4 is 5.32 Å². The molecule has 0 amide bonds. The topological polar surface area (TPSA) is 79.3 Å². The van der Waals surface area contributed by atoms with Crippen LogP contribution in [0, 0.1) is 0 Å². The molecule has 5 heteroatoms. The maximum Gasteiger partial charge on any atom is 0.372 e. The Labute approximate surface area is 99.9 Å². The highest BCUT2D eigenvalue weighted by Crippen LogP contribution is 2.17. The molecular weight excluding hydrogens is 220 g/mol. The molecular formula is C12H16N2O3. The number of anilines is 1. The molecule has 92 valence electrons. The molecule has 5 nitrogen and oxygen atoms in total. The van der Waals surface area contributed by atoms with Gasteiger partial charge in [-0.2, -0.15) is 0 Å². The number of Topliss-reactive ketones (excluding diaryl/α,β-unsaturated/α-hetero) is 1. The van der Waals surface area contributed by atoms with Crippen LogP contribution in [0.3, 0.4) is 0 Å². The fraction of sp³-hybridized carbons (Fsp3) is 0.417. The average molecular weight is 236 g/mol. The summed E-state index contributed by atoms with van der Waals surface area (Å²) >= 11 is 0. The highest BCUT2D eigenvalue weighted by Gasteiger charge is 2.17. The maximum absolute atomic E-state index is 11.2. The molecule has 0 aliphatic heterocycles. The summed E-state index contributed by atoms with van der Waals surface area (Å²) in [4.78, 5) is 25.8. The lowest BCUT2D eigenvalue weighted by atomic mass is 10.1. The van der Waals surface area contributed by atoms with Gasteiger partial charge >= 0.3 is 5.97 Å². The molecule has 17 heavy (non-hydrogen) atoms. The van der Waals surface area contributed by atoms with Gasteiger partial charge in [0.05, 0.1) is 0 Å². The van der Waals surface area contributed by atoms with Crippen molar-refractivity contribution in [3.05, 3.63) is 23.9 Å². The van der Waals surface area contributed by atoms with Crippen LogP contribution in [0.5, 0.6) is 0 Å². The Kier molecular flexibility index (Phi) is 3.83. The van der Waals surface area contributed by atoms with E-state index >= 15 is 0 Å². The number of nitrogens with one attached hydrogen (secondary N) is 1. The van der Waals surface area contributed by atoms with Gasteiger partial charge in [-0.05, 0) is 26.8 Å². The number of carbonyl (C=O) groups is 2. The first-order chi connectivity index (χ1) is 7.79. The van der Waals surface area contributed by atoms with Gasteiger partial charge in [-0.25, -0.2) is 9.78 Å². The zero-order valence-electron chi connectivity index (χ0n) is 10.2. The van der Waals surface area contributed by atoms with Crippen LogP contribution in [-0.2, 0) is 16.0 Å². The highest BCUT2D eigenvalue weighted by molar-refractivity contribution is 6.33. The first-order valence-corrected chi connectivity index (χ1v) is 5.28. The third kappa shape index (κ3) is 4.22. The number of hydrogen-bond acceptors (Lipinski definition) is 4. The number of hydrogen-bond donors (Lipinski definition) is 2. The minimum absolute atomic E-state index is 0.151. The molecule has 0 saturated carbocycles. The van der Waals surface area contributed by atoms with Gasteiger partial charge in [0.2, 0.25) is 5.78 Å². The van der Waals surface area contributed by atoms with E-state index in [0.717, 1.165) is 0 Å². The predicted molar refractivity (Wildman–Crippen MR) is 64.0 cm³/mol. The molecule has 0 radical (unpaired) electrons. The molecule has 1 aromatic rings. The number of rotatable bonds is 4. The second-order valence-corrected chi connectivity index (χ2v) is 4.79. The number of ketones is 1. The van der Waals surface area contributed by atoms with Crippen LogP contribution in [0.1, 0.15) is 26.3 Å². The summed E-state index contributed by atoms with van der Waals surface area (Å²) in [6.45, 7) is 5.89. The molecule has 1 rings (SSSR count). The van der Waals surface area contributed by atoms with Crippen molar-refractivity contribution in [3.8, 4) is 0 Å². The fourth-order valence-corrected chi connectivity index (χ4v) is 1.30. The van der Waals surface area contributed by atoms with Crippen LogP contribution in [0.25, 0.3) is 0 Å². The number of carboxylic acids is 1. The van der Waals surface area contributed by atoms with Gasteiger partial charge in [0.1, 0.15) is 5.82 Å². The Morgan fingerprint density at radius 3 is 2.59 bits per heavy atom. The molecule has 0 aliphatic carbocycles. The monoisotopic (exact) mass is 236 g/mol. The Morgan fingerprint density at radius 2 is 2.06 bits per heavy atom. The molecule has 0 aliphatic rings. The second kappa shape index (κ2) is 4.95. The van der Waals surface area contributed by atoms with Crippen molar-refractivity contribution in [2.24, 2.45) is 0 Å². The number of carbonyl (C=O) groups excluding carboxylic acids is 1. The van der Waals surface area contributed by atoms with Gasteiger partial charge in [0, 0.05) is 23.7 Å². The van der Waals surface area contributed by atoms with E-state index in [2.05, 4.69) is 10.3 Å². The minimum atomic E-state index is -1.42. The third-order valence-corrected chi connectivity index (χ3v) is 1.97. The average Bonchev–Trinajstić information content (AvgIpc) is 2.18. The molecule has 0 unspecified atom stereocenters. The molecule has 1 aromatic heterocycles. The second-order valence-electron chi connectivity index (χ2n) is 4.79. The summed E-state index contributed by atoms with van der Waals surface area (Å²) in [5, 5.41) is 11.7. The van der Waals surface area contributed by atoms with Crippen LogP contribution in [-0.4, -0.2) is 27.4 Å². The maximum atomic E-state index is 11.2. The number of pyridine rings is 1. The predicted octanol–water partition coefficient (Wildman–Crippen LogP) is 1.49. The Balaban J connectivity index is 2.92. The van der Waals surface area contributed by atoms with E-state index in [1.165, 1.54) is 0 Å². The van der Waals surface area contributed by atoms with Crippen LogP contribution in [0.15, 0.2) is 18.3 Å². The number of carboxylic acid groups (broad SMARTS) is 1. The highest BCUT2D eigenvalue weighted by atomic mass is 16.4. The summed E-state index contributed by atoms with van der Waals surface area (Å²) in [5.41, 5.74) is 0.393. The van der Waals surface area contributed by atoms with E-state index in [1.54, 1.807) is 18.3 Å². The van der Waals surface area contributed by atoms with E-state index in [4.69, 9.17) is 5.11 Å².